The molecule has 0 atom stereocenters. The van der Waals surface area contributed by atoms with Crippen LogP contribution in [-0.2, 0) is 4.79 Å². The average molecular weight is 365 g/mol. The molecule has 2 aromatic rings. The highest BCUT2D eigenvalue weighted by Gasteiger charge is 2.32. The number of nitrogens with one attached hydrogen (secondary N) is 1. The van der Waals surface area contributed by atoms with E-state index in [2.05, 4.69) is 5.32 Å². The van der Waals surface area contributed by atoms with Gasteiger partial charge in [0, 0.05) is 16.8 Å². The minimum Gasteiger partial charge on any atom is -0.462 e. The molecule has 2 heterocycles. The van der Waals surface area contributed by atoms with E-state index in [4.69, 9.17) is 28.2 Å². The number of hydrogen-bond acceptors (Lipinski definition) is 5. The van der Waals surface area contributed by atoms with Crippen LogP contribution in [-0.4, -0.2) is 21.8 Å². The fourth-order valence-electron chi connectivity index (χ4n) is 2.03. The Labute approximate surface area is 148 Å². The number of furan rings is 1. The van der Waals surface area contributed by atoms with Crippen LogP contribution in [0.1, 0.15) is 11.5 Å². The van der Waals surface area contributed by atoms with E-state index in [0.29, 0.717) is 26.7 Å². The Bertz CT molecular complexity index is 784. The summed E-state index contributed by atoms with van der Waals surface area (Å²) in [6.07, 6.45) is 1.72. The lowest BCUT2D eigenvalue weighted by molar-refractivity contribution is -0.121. The zero-order valence-corrected chi connectivity index (χ0v) is 14.6. The molecule has 1 aliphatic rings. The molecule has 7 heteroatoms. The number of aryl methyl sites for hydroxylation is 1. The average Bonchev–Trinajstić information content (AvgIpc) is 3.04. The lowest BCUT2D eigenvalue weighted by atomic mass is 10.3. The van der Waals surface area contributed by atoms with Crippen molar-refractivity contribution in [1.29, 1.82) is 0 Å². The molecule has 1 aromatic carbocycles. The molecule has 1 aliphatic heterocycles. The number of amides is 1. The Hall–Kier alpha value is -1.76. The predicted octanol–water partition coefficient (Wildman–Crippen LogP) is 4.51. The van der Waals surface area contributed by atoms with Crippen molar-refractivity contribution in [2.75, 3.05) is 12.0 Å². The first kappa shape index (κ1) is 16.1. The van der Waals surface area contributed by atoms with Gasteiger partial charge in [-0.3, -0.25) is 9.69 Å². The predicted molar refractivity (Wildman–Crippen MR) is 98.4 cm³/mol. The maximum Gasteiger partial charge on any atom is 0.267 e. The lowest BCUT2D eigenvalue weighted by Crippen LogP contribution is -2.33. The zero-order valence-electron chi connectivity index (χ0n) is 12.2. The summed E-state index contributed by atoms with van der Waals surface area (Å²) in [6, 6.07) is 11.0. The van der Waals surface area contributed by atoms with Gasteiger partial charge in [0.15, 0.2) is 0 Å². The first-order chi connectivity index (χ1) is 11.0. The normalized spacial score (nSPS) is 16.4. The summed E-state index contributed by atoms with van der Waals surface area (Å²) in [5.41, 5.74) is 0.870. The Morgan fingerprint density at radius 2 is 2.04 bits per heavy atom. The molecule has 0 aliphatic carbocycles. The second kappa shape index (κ2) is 6.78. The number of hydrogen-bond donors (Lipinski definition) is 1. The van der Waals surface area contributed by atoms with Gasteiger partial charge >= 0.3 is 0 Å². The monoisotopic (exact) mass is 364 g/mol. The van der Waals surface area contributed by atoms with Crippen LogP contribution in [0.4, 0.5) is 5.69 Å². The van der Waals surface area contributed by atoms with E-state index in [1.165, 1.54) is 16.7 Å². The molecule has 0 bridgehead atoms. The second-order valence-corrected chi connectivity index (χ2v) is 7.01. The van der Waals surface area contributed by atoms with Crippen LogP contribution < -0.4 is 5.32 Å². The van der Waals surface area contributed by atoms with Gasteiger partial charge in [-0.25, -0.2) is 0 Å². The highest BCUT2D eigenvalue weighted by atomic mass is 35.5. The molecule has 118 valence electrons. The summed E-state index contributed by atoms with van der Waals surface area (Å²) in [7, 11) is 0. The summed E-state index contributed by atoms with van der Waals surface area (Å²) in [4.78, 5) is 14.5. The van der Waals surface area contributed by atoms with Gasteiger partial charge in [-0.2, -0.15) is 0 Å². The van der Waals surface area contributed by atoms with Crippen LogP contribution in [0, 0.1) is 6.92 Å². The van der Waals surface area contributed by atoms with Crippen molar-refractivity contribution in [1.82, 2.24) is 4.90 Å². The van der Waals surface area contributed by atoms with Crippen molar-refractivity contribution in [2.24, 2.45) is 0 Å². The van der Waals surface area contributed by atoms with Crippen LogP contribution in [0.5, 0.6) is 0 Å². The van der Waals surface area contributed by atoms with Crippen molar-refractivity contribution in [3.8, 4) is 0 Å². The molecule has 4 nitrogen and oxygen atoms in total. The molecule has 3 rings (SSSR count). The Morgan fingerprint density at radius 1 is 1.30 bits per heavy atom. The highest BCUT2D eigenvalue weighted by molar-refractivity contribution is 8.26. The lowest BCUT2D eigenvalue weighted by Gasteiger charge is -2.16. The maximum atomic E-state index is 12.4. The number of anilines is 1. The number of benzene rings is 1. The van der Waals surface area contributed by atoms with E-state index in [1.807, 2.05) is 31.2 Å². The summed E-state index contributed by atoms with van der Waals surface area (Å²) >= 11 is 12.4. The fraction of sp³-hybridized carbons (Fsp3) is 0.125. The SMILES string of the molecule is Cc1ccc(/C=C2/SC(=S)N(CNc3ccc(Cl)cc3)C2=O)o1. The largest absolute Gasteiger partial charge is 0.462 e. The topological polar surface area (TPSA) is 45.5 Å². The van der Waals surface area contributed by atoms with E-state index in [-0.39, 0.29) is 5.91 Å². The third-order valence-corrected chi connectivity index (χ3v) is 4.82. The molecule has 23 heavy (non-hydrogen) atoms. The van der Waals surface area contributed by atoms with Gasteiger partial charge in [0.1, 0.15) is 15.8 Å². The van der Waals surface area contributed by atoms with Crippen LogP contribution in [0.3, 0.4) is 0 Å². The molecular weight excluding hydrogens is 352 g/mol. The summed E-state index contributed by atoms with van der Waals surface area (Å²) in [5.74, 6) is 1.32. The Morgan fingerprint density at radius 3 is 2.70 bits per heavy atom. The van der Waals surface area contributed by atoms with E-state index in [0.717, 1.165) is 11.4 Å². The van der Waals surface area contributed by atoms with Gasteiger partial charge in [-0.1, -0.05) is 35.6 Å². The molecule has 1 saturated heterocycles. The van der Waals surface area contributed by atoms with Crippen molar-refractivity contribution in [2.45, 2.75) is 6.92 Å². The molecule has 0 radical (unpaired) electrons. The van der Waals surface area contributed by atoms with Crippen molar-refractivity contribution in [3.05, 3.63) is 57.8 Å². The molecule has 1 N–H and O–H groups in total. The third kappa shape index (κ3) is 3.77. The van der Waals surface area contributed by atoms with Crippen LogP contribution in [0.25, 0.3) is 6.08 Å². The van der Waals surface area contributed by atoms with Gasteiger partial charge in [-0.05, 0) is 43.3 Å². The number of carbonyl (C=O) groups excluding carboxylic acids is 1. The number of thiocarbonyl (C=S) groups is 1. The van der Waals surface area contributed by atoms with Crippen molar-refractivity contribution in [3.63, 3.8) is 0 Å². The smallest absolute Gasteiger partial charge is 0.267 e. The fourth-order valence-corrected chi connectivity index (χ4v) is 3.40. The Balaban J connectivity index is 1.69. The molecule has 1 fully saturated rings. The number of nitrogens with zero attached hydrogens (tertiary/aromatic N) is 1. The van der Waals surface area contributed by atoms with Gasteiger partial charge < -0.3 is 9.73 Å². The minimum atomic E-state index is -0.129. The number of carbonyl (C=O) groups is 1. The molecular formula is C16H13ClN2O2S2. The zero-order chi connectivity index (χ0) is 16.4. The summed E-state index contributed by atoms with van der Waals surface area (Å²) in [5, 5.41) is 3.82. The quantitative estimate of drug-likeness (QED) is 0.638. The minimum absolute atomic E-state index is 0.129. The van der Waals surface area contributed by atoms with E-state index in [1.54, 1.807) is 18.2 Å². The standard InChI is InChI=1S/C16H13ClN2O2S2/c1-10-2-7-13(21-10)8-14-15(20)19(16(22)23-14)9-18-12-5-3-11(17)4-6-12/h2-8,18H,9H2,1H3/b14-8+. The Kier molecular flexibility index (Phi) is 4.75. The number of thioether (sulfide) groups is 1. The van der Waals surface area contributed by atoms with Gasteiger partial charge in [0.2, 0.25) is 0 Å². The molecule has 1 aromatic heterocycles. The molecule has 0 saturated carbocycles. The van der Waals surface area contributed by atoms with E-state index in [9.17, 15) is 4.79 Å². The first-order valence-corrected chi connectivity index (χ1v) is 8.44. The maximum absolute atomic E-state index is 12.4. The van der Waals surface area contributed by atoms with Crippen molar-refractivity contribution < 1.29 is 9.21 Å². The van der Waals surface area contributed by atoms with Gasteiger partial charge in [-0.15, -0.1) is 0 Å². The van der Waals surface area contributed by atoms with Crippen LogP contribution in [0.2, 0.25) is 5.02 Å². The number of rotatable bonds is 4. The van der Waals surface area contributed by atoms with Crippen molar-refractivity contribution >= 4 is 57.6 Å². The van der Waals surface area contributed by atoms with E-state index < -0.39 is 0 Å². The second-order valence-electron chi connectivity index (χ2n) is 4.90. The third-order valence-electron chi connectivity index (χ3n) is 3.19. The first-order valence-electron chi connectivity index (χ1n) is 6.84. The number of halogens is 1. The molecule has 1 amide bonds. The van der Waals surface area contributed by atoms with Crippen LogP contribution in [0.15, 0.2) is 45.7 Å². The summed E-state index contributed by atoms with van der Waals surface area (Å²) < 4.78 is 5.99. The molecule has 0 spiro atoms. The van der Waals surface area contributed by atoms with Gasteiger partial charge in [0.25, 0.3) is 5.91 Å². The van der Waals surface area contributed by atoms with E-state index >= 15 is 0 Å². The van der Waals surface area contributed by atoms with Gasteiger partial charge in [0.05, 0.1) is 11.6 Å². The van der Waals surface area contributed by atoms with Crippen LogP contribution >= 0.6 is 35.6 Å². The highest BCUT2D eigenvalue weighted by Crippen LogP contribution is 2.32. The summed E-state index contributed by atoms with van der Waals surface area (Å²) in [6.45, 7) is 2.17. The molecule has 0 unspecified atom stereocenters.